The van der Waals surface area contributed by atoms with Gasteiger partial charge in [0.15, 0.2) is 0 Å². The number of imidazole rings is 2. The van der Waals surface area contributed by atoms with E-state index < -0.39 is 5.92 Å². The molecule has 2 saturated heterocycles. The molecule has 198 valence electrons. The number of aromatic amines is 2. The first-order valence-electron chi connectivity index (χ1n) is 14.0. The molecule has 2 fully saturated rings. The quantitative estimate of drug-likeness (QED) is 0.221. The van der Waals surface area contributed by atoms with Gasteiger partial charge < -0.3 is 20.6 Å². The molecule has 39 heavy (non-hydrogen) atoms. The molecule has 0 bridgehead atoms. The van der Waals surface area contributed by atoms with Gasteiger partial charge in [-0.2, -0.15) is 0 Å². The summed E-state index contributed by atoms with van der Waals surface area (Å²) in [5, 5.41) is 9.09. The maximum Gasteiger partial charge on any atom is 0.256 e. The van der Waals surface area contributed by atoms with Gasteiger partial charge in [-0.3, -0.25) is 0 Å². The highest BCUT2D eigenvalue weighted by Crippen LogP contribution is 2.44. The fourth-order valence-corrected chi connectivity index (χ4v) is 6.84. The third-order valence-electron chi connectivity index (χ3n) is 8.77. The third-order valence-corrected chi connectivity index (χ3v) is 8.77. The number of rotatable bonds is 4. The fraction of sp³-hybridized carbons (Fsp3) is 0.355. The topological polar surface area (TPSA) is 81.4 Å². The van der Waals surface area contributed by atoms with Crippen LogP contribution >= 0.6 is 0 Å². The summed E-state index contributed by atoms with van der Waals surface area (Å²) >= 11 is 0. The lowest BCUT2D eigenvalue weighted by Gasteiger charge is -2.13. The molecule has 3 aliphatic rings. The molecule has 1 aliphatic carbocycles. The Bertz CT molecular complexity index is 1720. The molecule has 8 heteroatoms. The molecule has 4 N–H and O–H groups in total. The Morgan fingerprint density at radius 3 is 2.31 bits per heavy atom. The molecule has 0 amide bonds. The molecule has 2 aliphatic heterocycles. The van der Waals surface area contributed by atoms with Gasteiger partial charge in [-0.05, 0) is 78.5 Å². The number of benzene rings is 3. The van der Waals surface area contributed by atoms with Gasteiger partial charge in [0.25, 0.3) is 5.92 Å². The van der Waals surface area contributed by atoms with Crippen molar-refractivity contribution >= 4 is 21.8 Å². The molecule has 4 heterocycles. The number of nitrogens with zero attached hydrogens (tertiary/aromatic N) is 2. The monoisotopic (exact) mass is 524 g/mol. The summed E-state index contributed by atoms with van der Waals surface area (Å²) in [6.45, 7) is 2.00. The smallest absolute Gasteiger partial charge is 0.256 e. The van der Waals surface area contributed by atoms with Gasteiger partial charge in [0, 0.05) is 23.8 Å². The van der Waals surface area contributed by atoms with Crippen LogP contribution in [0, 0.1) is 0 Å². The van der Waals surface area contributed by atoms with Crippen LogP contribution in [0.25, 0.3) is 44.2 Å². The predicted octanol–water partition coefficient (Wildman–Crippen LogP) is 6.36. The minimum atomic E-state index is -2.76. The number of aromatic nitrogens is 4. The lowest BCUT2D eigenvalue weighted by Crippen LogP contribution is -2.15. The first-order chi connectivity index (χ1) is 19.0. The molecule has 2 unspecified atom stereocenters. The molecule has 8 rings (SSSR count). The van der Waals surface area contributed by atoms with Crippen molar-refractivity contribution in [2.75, 3.05) is 13.1 Å². The number of hydrogen-bond acceptors (Lipinski definition) is 4. The van der Waals surface area contributed by atoms with E-state index in [2.05, 4.69) is 55.9 Å². The normalized spacial score (nSPS) is 22.3. The highest BCUT2D eigenvalue weighted by atomic mass is 19.3. The van der Waals surface area contributed by atoms with Crippen LogP contribution in [-0.4, -0.2) is 38.9 Å². The van der Waals surface area contributed by atoms with Crippen molar-refractivity contribution in [3.05, 3.63) is 71.4 Å². The van der Waals surface area contributed by atoms with Crippen LogP contribution in [0.15, 0.2) is 48.7 Å². The van der Waals surface area contributed by atoms with Crippen LogP contribution in [0.3, 0.4) is 0 Å². The number of halogens is 2. The van der Waals surface area contributed by atoms with E-state index in [1.165, 1.54) is 0 Å². The summed E-state index contributed by atoms with van der Waals surface area (Å²) in [5.41, 5.74) is 6.92. The number of H-pyrrole nitrogens is 2. The Labute approximate surface area is 224 Å². The van der Waals surface area contributed by atoms with Crippen molar-refractivity contribution in [2.24, 2.45) is 0 Å². The first kappa shape index (κ1) is 23.3. The highest BCUT2D eigenvalue weighted by Gasteiger charge is 2.40. The maximum absolute atomic E-state index is 14.9. The minimum absolute atomic E-state index is 0.205. The largest absolute Gasteiger partial charge is 0.341 e. The molecule has 0 radical (unpaired) electrons. The van der Waals surface area contributed by atoms with E-state index in [1.807, 2.05) is 12.1 Å². The number of fused-ring (bicyclic) bond motifs is 4. The third kappa shape index (κ3) is 3.88. The van der Waals surface area contributed by atoms with E-state index in [9.17, 15) is 8.78 Å². The molecule has 3 aromatic carbocycles. The Kier molecular flexibility index (Phi) is 5.19. The van der Waals surface area contributed by atoms with Crippen molar-refractivity contribution in [1.29, 1.82) is 0 Å². The summed E-state index contributed by atoms with van der Waals surface area (Å²) in [5.74, 6) is -0.886. The van der Waals surface area contributed by atoms with Crippen LogP contribution < -0.4 is 10.6 Å². The van der Waals surface area contributed by atoms with E-state index in [1.54, 1.807) is 6.20 Å². The molecule has 2 aromatic heterocycles. The Morgan fingerprint density at radius 1 is 0.795 bits per heavy atom. The van der Waals surface area contributed by atoms with Crippen molar-refractivity contribution in [2.45, 2.75) is 56.5 Å². The molecule has 5 aromatic rings. The number of hydrogen-bond donors (Lipinski definition) is 4. The van der Waals surface area contributed by atoms with Gasteiger partial charge in [-0.1, -0.05) is 30.3 Å². The van der Waals surface area contributed by atoms with E-state index >= 15 is 0 Å². The van der Waals surface area contributed by atoms with E-state index in [4.69, 9.17) is 4.98 Å². The van der Waals surface area contributed by atoms with Crippen LogP contribution in [0.1, 0.15) is 60.5 Å². The van der Waals surface area contributed by atoms with Gasteiger partial charge >= 0.3 is 0 Å². The standard InChI is InChI=1S/C31H30F2N6/c32-31(33)14-22-19(8-9-21(23(22)15-31)27-16-36-29(38-27)25-3-1-11-34-25)17-5-7-20-18(13-17)6-10-24-28(20)39-30(37-24)26-4-2-12-35-26/h5-10,13,16,25-26,34-35H,1-4,11-12,14-15H2,(H,36,38)(H,37,39). The lowest BCUT2D eigenvalue weighted by atomic mass is 9.91. The van der Waals surface area contributed by atoms with E-state index in [-0.39, 0.29) is 24.9 Å². The zero-order valence-corrected chi connectivity index (χ0v) is 21.6. The zero-order valence-electron chi connectivity index (χ0n) is 21.6. The zero-order chi connectivity index (χ0) is 26.1. The number of alkyl halides is 2. The van der Waals surface area contributed by atoms with Gasteiger partial charge in [-0.15, -0.1) is 0 Å². The summed E-state index contributed by atoms with van der Waals surface area (Å²) < 4.78 is 29.8. The molecular weight excluding hydrogens is 494 g/mol. The van der Waals surface area contributed by atoms with Crippen molar-refractivity contribution in [3.63, 3.8) is 0 Å². The van der Waals surface area contributed by atoms with E-state index in [0.717, 1.165) is 106 Å². The molecule has 2 atom stereocenters. The van der Waals surface area contributed by atoms with Crippen LogP contribution in [0.4, 0.5) is 8.78 Å². The average molecular weight is 525 g/mol. The lowest BCUT2D eigenvalue weighted by molar-refractivity contribution is 0.0131. The summed E-state index contributed by atoms with van der Waals surface area (Å²) in [6, 6.07) is 14.9. The van der Waals surface area contributed by atoms with Crippen LogP contribution in [0.5, 0.6) is 0 Å². The molecule has 0 saturated carbocycles. The van der Waals surface area contributed by atoms with Gasteiger partial charge in [0.05, 0.1) is 35.0 Å². The van der Waals surface area contributed by atoms with Gasteiger partial charge in [-0.25, -0.2) is 18.7 Å². The van der Waals surface area contributed by atoms with Crippen molar-refractivity contribution < 1.29 is 8.78 Å². The summed E-state index contributed by atoms with van der Waals surface area (Å²) in [6.07, 6.45) is 5.70. The van der Waals surface area contributed by atoms with Gasteiger partial charge in [0.1, 0.15) is 11.6 Å². The Hall–Kier alpha value is -3.62. The summed E-state index contributed by atoms with van der Waals surface area (Å²) in [4.78, 5) is 16.4. The second-order valence-corrected chi connectivity index (χ2v) is 11.3. The first-order valence-corrected chi connectivity index (χ1v) is 14.0. The SMILES string of the molecule is FC1(F)Cc2c(-c3ccc4c(ccc5[nH]c(C6CCCN6)nc54)c3)ccc(-c3cnc(C4CCCN4)[nH]3)c2C1. The molecule has 0 spiro atoms. The Morgan fingerprint density at radius 2 is 1.54 bits per heavy atom. The minimum Gasteiger partial charge on any atom is -0.341 e. The van der Waals surface area contributed by atoms with Crippen molar-refractivity contribution in [3.8, 4) is 22.4 Å². The van der Waals surface area contributed by atoms with Gasteiger partial charge in [0.2, 0.25) is 0 Å². The van der Waals surface area contributed by atoms with Crippen LogP contribution in [-0.2, 0) is 12.8 Å². The predicted molar refractivity (Wildman–Crippen MR) is 149 cm³/mol. The van der Waals surface area contributed by atoms with Crippen LogP contribution in [0.2, 0.25) is 0 Å². The second kappa shape index (κ2) is 8.69. The maximum atomic E-state index is 14.9. The second-order valence-electron chi connectivity index (χ2n) is 11.3. The fourth-order valence-electron chi connectivity index (χ4n) is 6.84. The Balaban J connectivity index is 1.20. The van der Waals surface area contributed by atoms with Crippen molar-refractivity contribution in [1.82, 2.24) is 30.6 Å². The summed E-state index contributed by atoms with van der Waals surface area (Å²) in [7, 11) is 0. The number of nitrogens with one attached hydrogen (secondary N) is 4. The van der Waals surface area contributed by atoms with E-state index in [0.29, 0.717) is 0 Å². The molecule has 6 nitrogen and oxygen atoms in total. The highest BCUT2D eigenvalue weighted by molar-refractivity contribution is 6.05. The molecular formula is C31H30F2N6. The average Bonchev–Trinajstić information content (AvgIpc) is 3.76.